The fourth-order valence-corrected chi connectivity index (χ4v) is 5.22. The second-order valence-corrected chi connectivity index (χ2v) is 6.97. The van der Waals surface area contributed by atoms with Crippen LogP contribution < -0.4 is 5.32 Å². The molecule has 1 N–H and O–H groups in total. The topological polar surface area (TPSA) is 12.0 Å². The Kier molecular flexibility index (Phi) is 3.47. The van der Waals surface area contributed by atoms with Crippen molar-refractivity contribution < 1.29 is 0 Å². The minimum atomic E-state index is 0.749. The third-order valence-electron chi connectivity index (χ3n) is 5.92. The van der Waals surface area contributed by atoms with E-state index in [1.165, 1.54) is 32.1 Å². The second kappa shape index (κ2) is 4.91. The van der Waals surface area contributed by atoms with E-state index in [4.69, 9.17) is 0 Å². The van der Waals surface area contributed by atoms with E-state index in [0.29, 0.717) is 0 Å². The minimum absolute atomic E-state index is 0.749. The van der Waals surface area contributed by atoms with Crippen LogP contribution >= 0.6 is 0 Å². The maximum absolute atomic E-state index is 3.96. The molecule has 0 radical (unpaired) electrons. The molecule has 6 unspecified atom stereocenters. The highest BCUT2D eigenvalue weighted by atomic mass is 15.0. The zero-order valence-electron chi connectivity index (χ0n) is 11.6. The standard InChI is InChI=1S/C16H29N/c1-3-4-6-11(2)17-16-10-12-9-15(16)14-8-5-7-13(12)14/h11-17H,3-10H2,1-2H3. The van der Waals surface area contributed by atoms with E-state index in [-0.39, 0.29) is 0 Å². The lowest BCUT2D eigenvalue weighted by atomic mass is 9.79. The maximum atomic E-state index is 3.96. The fourth-order valence-electron chi connectivity index (χ4n) is 5.22. The molecule has 1 heteroatoms. The third kappa shape index (κ3) is 2.16. The summed E-state index contributed by atoms with van der Waals surface area (Å²) in [6, 6.07) is 1.63. The van der Waals surface area contributed by atoms with Crippen LogP contribution in [0.2, 0.25) is 0 Å². The first-order chi connectivity index (χ1) is 8.29. The quantitative estimate of drug-likeness (QED) is 0.760. The van der Waals surface area contributed by atoms with Crippen molar-refractivity contribution in [1.29, 1.82) is 0 Å². The molecule has 0 aromatic carbocycles. The number of rotatable bonds is 5. The monoisotopic (exact) mass is 235 g/mol. The van der Waals surface area contributed by atoms with Gasteiger partial charge in [0.1, 0.15) is 0 Å². The van der Waals surface area contributed by atoms with Crippen LogP contribution in [0.5, 0.6) is 0 Å². The SMILES string of the molecule is CCCCC(C)NC1CC2CC1C1CCCC21. The van der Waals surface area contributed by atoms with Gasteiger partial charge >= 0.3 is 0 Å². The first-order valence-electron chi connectivity index (χ1n) is 8.05. The van der Waals surface area contributed by atoms with E-state index in [9.17, 15) is 0 Å². The van der Waals surface area contributed by atoms with Gasteiger partial charge in [-0.15, -0.1) is 0 Å². The van der Waals surface area contributed by atoms with Gasteiger partial charge in [0.05, 0.1) is 0 Å². The van der Waals surface area contributed by atoms with E-state index in [1.54, 1.807) is 19.3 Å². The van der Waals surface area contributed by atoms with Crippen molar-refractivity contribution in [2.45, 2.75) is 77.3 Å². The molecule has 3 fully saturated rings. The van der Waals surface area contributed by atoms with E-state index in [1.807, 2.05) is 0 Å². The van der Waals surface area contributed by atoms with Crippen molar-refractivity contribution in [2.75, 3.05) is 0 Å². The number of hydrogen-bond donors (Lipinski definition) is 1. The lowest BCUT2D eigenvalue weighted by Gasteiger charge is -2.34. The fraction of sp³-hybridized carbons (Fsp3) is 1.00. The zero-order chi connectivity index (χ0) is 11.8. The maximum Gasteiger partial charge on any atom is 0.0103 e. The van der Waals surface area contributed by atoms with Gasteiger partial charge in [-0.2, -0.15) is 0 Å². The summed E-state index contributed by atoms with van der Waals surface area (Å²) in [5, 5.41) is 3.96. The van der Waals surface area contributed by atoms with Crippen LogP contribution in [-0.2, 0) is 0 Å². The molecule has 1 nitrogen and oxygen atoms in total. The Balaban J connectivity index is 1.53. The number of fused-ring (bicyclic) bond motifs is 5. The van der Waals surface area contributed by atoms with Gasteiger partial charge in [-0.25, -0.2) is 0 Å². The first-order valence-corrected chi connectivity index (χ1v) is 8.05. The summed E-state index contributed by atoms with van der Waals surface area (Å²) in [5.41, 5.74) is 0. The summed E-state index contributed by atoms with van der Waals surface area (Å²) in [6.07, 6.45) is 11.8. The molecule has 0 spiro atoms. The second-order valence-electron chi connectivity index (χ2n) is 6.97. The van der Waals surface area contributed by atoms with E-state index >= 15 is 0 Å². The summed E-state index contributed by atoms with van der Waals surface area (Å²) in [5.74, 6) is 4.41. The Bertz CT molecular complexity index is 262. The summed E-state index contributed by atoms with van der Waals surface area (Å²) in [4.78, 5) is 0. The first kappa shape index (κ1) is 12.0. The molecule has 98 valence electrons. The van der Waals surface area contributed by atoms with Gasteiger partial charge in [0.2, 0.25) is 0 Å². The van der Waals surface area contributed by atoms with E-state index in [0.717, 1.165) is 35.8 Å². The molecule has 0 aromatic heterocycles. The van der Waals surface area contributed by atoms with Crippen LogP contribution in [0.25, 0.3) is 0 Å². The van der Waals surface area contributed by atoms with Crippen LogP contribution in [0.3, 0.4) is 0 Å². The summed E-state index contributed by atoms with van der Waals surface area (Å²) in [6.45, 7) is 4.70. The Morgan fingerprint density at radius 1 is 1.12 bits per heavy atom. The molecule has 3 rings (SSSR count). The van der Waals surface area contributed by atoms with Gasteiger partial charge in [0.15, 0.2) is 0 Å². The van der Waals surface area contributed by atoms with Gasteiger partial charge in [0.25, 0.3) is 0 Å². The number of unbranched alkanes of at least 4 members (excludes halogenated alkanes) is 1. The molecule has 3 aliphatic carbocycles. The van der Waals surface area contributed by atoms with Gasteiger partial charge in [-0.3, -0.25) is 0 Å². The largest absolute Gasteiger partial charge is 0.311 e. The molecule has 0 aliphatic heterocycles. The predicted octanol–water partition coefficient (Wildman–Crippen LogP) is 3.98. The van der Waals surface area contributed by atoms with Crippen molar-refractivity contribution in [3.63, 3.8) is 0 Å². The summed E-state index contributed by atoms with van der Waals surface area (Å²) >= 11 is 0. The predicted molar refractivity (Wildman–Crippen MR) is 73.0 cm³/mol. The molecule has 0 amide bonds. The van der Waals surface area contributed by atoms with Crippen LogP contribution in [-0.4, -0.2) is 12.1 Å². The van der Waals surface area contributed by atoms with Crippen molar-refractivity contribution in [3.05, 3.63) is 0 Å². The zero-order valence-corrected chi connectivity index (χ0v) is 11.6. The van der Waals surface area contributed by atoms with Gasteiger partial charge in [-0.1, -0.05) is 26.2 Å². The lowest BCUT2D eigenvalue weighted by molar-refractivity contribution is 0.197. The summed E-state index contributed by atoms with van der Waals surface area (Å²) in [7, 11) is 0. The Hall–Kier alpha value is -0.0400. The van der Waals surface area contributed by atoms with E-state index in [2.05, 4.69) is 19.2 Å². The smallest absolute Gasteiger partial charge is 0.0103 e. The third-order valence-corrected chi connectivity index (χ3v) is 5.92. The molecule has 6 atom stereocenters. The van der Waals surface area contributed by atoms with Gasteiger partial charge in [-0.05, 0) is 62.7 Å². The van der Waals surface area contributed by atoms with Crippen LogP contribution in [0.15, 0.2) is 0 Å². The Morgan fingerprint density at radius 2 is 1.94 bits per heavy atom. The molecule has 0 saturated heterocycles. The van der Waals surface area contributed by atoms with Crippen LogP contribution in [0.4, 0.5) is 0 Å². The lowest BCUT2D eigenvalue weighted by Crippen LogP contribution is -2.43. The highest BCUT2D eigenvalue weighted by Crippen LogP contribution is 2.58. The van der Waals surface area contributed by atoms with Crippen molar-refractivity contribution in [2.24, 2.45) is 23.7 Å². The molecular formula is C16H29N. The Labute approximate surface area is 107 Å². The molecule has 3 saturated carbocycles. The number of nitrogens with one attached hydrogen (secondary N) is 1. The average molecular weight is 235 g/mol. The van der Waals surface area contributed by atoms with Gasteiger partial charge < -0.3 is 5.32 Å². The molecule has 17 heavy (non-hydrogen) atoms. The average Bonchev–Trinajstić information content (AvgIpc) is 2.96. The minimum Gasteiger partial charge on any atom is -0.311 e. The number of hydrogen-bond acceptors (Lipinski definition) is 1. The molecular weight excluding hydrogens is 206 g/mol. The van der Waals surface area contributed by atoms with E-state index < -0.39 is 0 Å². The summed E-state index contributed by atoms with van der Waals surface area (Å²) < 4.78 is 0. The molecule has 0 aromatic rings. The van der Waals surface area contributed by atoms with Crippen LogP contribution in [0, 0.1) is 23.7 Å². The molecule has 3 aliphatic rings. The van der Waals surface area contributed by atoms with Crippen molar-refractivity contribution >= 4 is 0 Å². The normalized spacial score (nSPS) is 45.2. The van der Waals surface area contributed by atoms with Crippen molar-refractivity contribution in [1.82, 2.24) is 5.32 Å². The van der Waals surface area contributed by atoms with Crippen LogP contribution in [0.1, 0.15) is 65.2 Å². The Morgan fingerprint density at radius 3 is 2.76 bits per heavy atom. The van der Waals surface area contributed by atoms with Crippen molar-refractivity contribution in [3.8, 4) is 0 Å². The molecule has 2 bridgehead atoms. The van der Waals surface area contributed by atoms with Gasteiger partial charge in [0, 0.05) is 12.1 Å². The highest BCUT2D eigenvalue weighted by molar-refractivity contribution is 5.05. The highest BCUT2D eigenvalue weighted by Gasteiger charge is 2.53. The molecule has 0 heterocycles.